The Morgan fingerprint density at radius 3 is 2.35 bits per heavy atom. The van der Waals surface area contributed by atoms with Crippen LogP contribution in [0.15, 0.2) is 12.3 Å². The summed E-state index contributed by atoms with van der Waals surface area (Å²) in [6.07, 6.45) is 4.36. The quantitative estimate of drug-likeness (QED) is 0.793. The molecule has 1 saturated carbocycles. The number of hydrogen-bond donors (Lipinski definition) is 0. The Morgan fingerprint density at radius 1 is 1.20 bits per heavy atom. The largest absolute Gasteiger partial charge is 0.495 e. The minimum Gasteiger partial charge on any atom is -0.474 e. The topological polar surface area (TPSA) is 40.6 Å². The van der Waals surface area contributed by atoms with E-state index in [4.69, 9.17) is 14.0 Å². The van der Waals surface area contributed by atoms with E-state index in [0.29, 0.717) is 12.0 Å². The Kier molecular flexibility index (Phi) is 3.10. The summed E-state index contributed by atoms with van der Waals surface area (Å²) in [6, 6.07) is 1.96. The van der Waals surface area contributed by atoms with Crippen LogP contribution in [0.4, 0.5) is 0 Å². The summed E-state index contributed by atoms with van der Waals surface area (Å²) in [5.41, 5.74) is 1.36. The van der Waals surface area contributed by atoms with E-state index in [2.05, 4.69) is 32.7 Å². The molecule has 1 aromatic heterocycles. The van der Waals surface area contributed by atoms with Gasteiger partial charge in [0.25, 0.3) is 0 Å². The van der Waals surface area contributed by atoms with Crippen molar-refractivity contribution in [1.82, 2.24) is 4.98 Å². The summed E-state index contributed by atoms with van der Waals surface area (Å²) in [7, 11) is -0.357. The lowest BCUT2D eigenvalue weighted by molar-refractivity contribution is 0.00578. The van der Waals surface area contributed by atoms with Crippen LogP contribution in [0.25, 0.3) is 0 Å². The van der Waals surface area contributed by atoms with Crippen LogP contribution in [0.3, 0.4) is 0 Å². The zero-order valence-electron chi connectivity index (χ0n) is 12.9. The van der Waals surface area contributed by atoms with Crippen LogP contribution in [0.2, 0.25) is 0 Å². The van der Waals surface area contributed by atoms with Crippen molar-refractivity contribution < 1.29 is 14.0 Å². The zero-order valence-corrected chi connectivity index (χ0v) is 12.9. The normalized spacial score (nSPS) is 23.9. The second-order valence-corrected chi connectivity index (χ2v) is 6.74. The van der Waals surface area contributed by atoms with Crippen molar-refractivity contribution in [3.8, 4) is 5.88 Å². The molecule has 3 rings (SSSR count). The molecule has 1 aromatic rings. The average Bonchev–Trinajstić information content (AvgIpc) is 3.10. The van der Waals surface area contributed by atoms with Crippen molar-refractivity contribution in [3.05, 3.63) is 17.8 Å². The molecule has 0 radical (unpaired) electrons. The SMILES string of the molecule is Cc1c(B2OC(C)(C)C(C)(C)O2)ccnc1OC1CC1. The Bertz CT molecular complexity index is 510. The maximum atomic E-state index is 6.10. The highest BCUT2D eigenvalue weighted by Gasteiger charge is 2.52. The molecule has 1 aliphatic heterocycles. The zero-order chi connectivity index (χ0) is 14.5. The lowest BCUT2D eigenvalue weighted by Crippen LogP contribution is -2.41. The molecule has 20 heavy (non-hydrogen) atoms. The first-order valence-corrected chi connectivity index (χ1v) is 7.28. The molecule has 0 unspecified atom stereocenters. The molecule has 108 valence electrons. The van der Waals surface area contributed by atoms with Crippen LogP contribution in [0, 0.1) is 6.92 Å². The maximum Gasteiger partial charge on any atom is 0.495 e. The number of rotatable bonds is 3. The van der Waals surface area contributed by atoms with Crippen LogP contribution in [-0.2, 0) is 9.31 Å². The minimum absolute atomic E-state index is 0.328. The summed E-state index contributed by atoms with van der Waals surface area (Å²) in [4.78, 5) is 4.33. The fraction of sp³-hybridized carbons (Fsp3) is 0.667. The van der Waals surface area contributed by atoms with Crippen molar-refractivity contribution in [2.24, 2.45) is 0 Å². The Labute approximate surface area is 121 Å². The average molecular weight is 275 g/mol. The van der Waals surface area contributed by atoms with Crippen molar-refractivity contribution in [3.63, 3.8) is 0 Å². The molecule has 2 aliphatic rings. The molecular weight excluding hydrogens is 253 g/mol. The summed E-state index contributed by atoms with van der Waals surface area (Å²) in [6.45, 7) is 10.3. The Hall–Kier alpha value is -1.07. The number of pyridine rings is 1. The number of aromatic nitrogens is 1. The highest BCUT2D eigenvalue weighted by molar-refractivity contribution is 6.62. The predicted molar refractivity (Wildman–Crippen MR) is 78.3 cm³/mol. The maximum absolute atomic E-state index is 6.10. The Morgan fingerprint density at radius 2 is 1.80 bits per heavy atom. The number of ether oxygens (including phenoxy) is 1. The fourth-order valence-electron chi connectivity index (χ4n) is 2.22. The van der Waals surface area contributed by atoms with Gasteiger partial charge in [0.1, 0.15) is 6.10 Å². The molecule has 0 amide bonds. The third-order valence-corrected chi connectivity index (χ3v) is 4.51. The second kappa shape index (κ2) is 4.47. The molecule has 0 N–H and O–H groups in total. The molecule has 4 nitrogen and oxygen atoms in total. The predicted octanol–water partition coefficient (Wildman–Crippen LogP) is 2.23. The number of nitrogens with zero attached hydrogens (tertiary/aromatic N) is 1. The van der Waals surface area contributed by atoms with E-state index in [9.17, 15) is 0 Å². The van der Waals surface area contributed by atoms with Gasteiger partial charge in [-0.2, -0.15) is 0 Å². The van der Waals surface area contributed by atoms with Gasteiger partial charge in [0, 0.05) is 11.8 Å². The van der Waals surface area contributed by atoms with Gasteiger partial charge in [0.05, 0.1) is 11.2 Å². The van der Waals surface area contributed by atoms with E-state index < -0.39 is 0 Å². The molecule has 0 spiro atoms. The molecule has 1 aliphatic carbocycles. The first-order chi connectivity index (χ1) is 9.30. The monoisotopic (exact) mass is 275 g/mol. The van der Waals surface area contributed by atoms with Crippen LogP contribution >= 0.6 is 0 Å². The van der Waals surface area contributed by atoms with Gasteiger partial charge < -0.3 is 14.0 Å². The van der Waals surface area contributed by atoms with E-state index in [0.717, 1.165) is 23.9 Å². The Balaban J connectivity index is 1.87. The van der Waals surface area contributed by atoms with Gasteiger partial charge in [-0.15, -0.1) is 0 Å². The van der Waals surface area contributed by atoms with Crippen molar-refractivity contribution in [2.45, 2.75) is 64.8 Å². The molecule has 1 saturated heterocycles. The summed E-state index contributed by atoms with van der Waals surface area (Å²) >= 11 is 0. The van der Waals surface area contributed by atoms with Crippen LogP contribution in [-0.4, -0.2) is 29.4 Å². The molecule has 5 heteroatoms. The highest BCUT2D eigenvalue weighted by Crippen LogP contribution is 2.37. The lowest BCUT2D eigenvalue weighted by atomic mass is 9.77. The van der Waals surface area contributed by atoms with Crippen LogP contribution < -0.4 is 10.2 Å². The van der Waals surface area contributed by atoms with Gasteiger partial charge in [-0.3, -0.25) is 0 Å². The van der Waals surface area contributed by atoms with E-state index >= 15 is 0 Å². The molecule has 0 bridgehead atoms. The van der Waals surface area contributed by atoms with Gasteiger partial charge in [-0.1, -0.05) is 0 Å². The van der Waals surface area contributed by atoms with Gasteiger partial charge in [-0.05, 0) is 59.0 Å². The van der Waals surface area contributed by atoms with Gasteiger partial charge >= 0.3 is 7.12 Å². The standard InChI is InChI=1S/C15H22BNO3/c1-10-12(8-9-17-13(10)18-11-6-7-11)16-19-14(2,3)15(4,5)20-16/h8-9,11H,6-7H2,1-5H3. The van der Waals surface area contributed by atoms with Crippen molar-refractivity contribution in [2.75, 3.05) is 0 Å². The molecule has 2 fully saturated rings. The third-order valence-electron chi connectivity index (χ3n) is 4.51. The van der Waals surface area contributed by atoms with Crippen LogP contribution in [0.1, 0.15) is 46.1 Å². The van der Waals surface area contributed by atoms with Gasteiger partial charge in [0.2, 0.25) is 5.88 Å². The van der Waals surface area contributed by atoms with E-state index in [-0.39, 0.29) is 18.3 Å². The minimum atomic E-state index is -0.357. The van der Waals surface area contributed by atoms with Crippen molar-refractivity contribution in [1.29, 1.82) is 0 Å². The molecule has 0 atom stereocenters. The molecule has 0 aromatic carbocycles. The molecule has 2 heterocycles. The first kappa shape index (κ1) is 13.9. The van der Waals surface area contributed by atoms with Crippen molar-refractivity contribution >= 4 is 12.6 Å². The first-order valence-electron chi connectivity index (χ1n) is 7.28. The van der Waals surface area contributed by atoms with Gasteiger partial charge in [0.15, 0.2) is 0 Å². The summed E-state index contributed by atoms with van der Waals surface area (Å²) < 4.78 is 18.0. The van der Waals surface area contributed by atoms with E-state index in [1.807, 2.05) is 13.0 Å². The van der Waals surface area contributed by atoms with E-state index in [1.165, 1.54) is 0 Å². The smallest absolute Gasteiger partial charge is 0.474 e. The van der Waals surface area contributed by atoms with E-state index in [1.54, 1.807) is 6.20 Å². The van der Waals surface area contributed by atoms with Crippen LogP contribution in [0.5, 0.6) is 5.88 Å². The summed E-state index contributed by atoms with van der Waals surface area (Å²) in [5, 5.41) is 0. The fourth-order valence-corrected chi connectivity index (χ4v) is 2.22. The third kappa shape index (κ3) is 2.33. The lowest BCUT2D eigenvalue weighted by Gasteiger charge is -2.32. The molecular formula is C15H22BNO3. The second-order valence-electron chi connectivity index (χ2n) is 6.74. The highest BCUT2D eigenvalue weighted by atomic mass is 16.7. The summed E-state index contributed by atoms with van der Waals surface area (Å²) in [5.74, 6) is 0.708. The van der Waals surface area contributed by atoms with Gasteiger partial charge in [-0.25, -0.2) is 4.98 Å². The number of hydrogen-bond acceptors (Lipinski definition) is 4.